The number of nitrogens with zero attached hydrogens (tertiary/aromatic N) is 4. The summed E-state index contributed by atoms with van der Waals surface area (Å²) < 4.78 is 1.35. The molecular weight excluding hydrogens is 134 g/mol. The zero-order valence-electron chi connectivity index (χ0n) is 5.48. The Labute approximate surface area is 57.2 Å². The van der Waals surface area contributed by atoms with Gasteiger partial charge in [0.25, 0.3) is 0 Å². The third-order valence-corrected chi connectivity index (χ3v) is 0.976. The van der Waals surface area contributed by atoms with E-state index in [9.17, 15) is 4.79 Å². The molecule has 6 heteroatoms. The summed E-state index contributed by atoms with van der Waals surface area (Å²) >= 11 is 0. The lowest BCUT2D eigenvalue weighted by Gasteiger charge is -1.95. The average Bonchev–Trinajstić information content (AvgIpc) is 2.40. The highest BCUT2D eigenvalue weighted by molar-refractivity contribution is 5.75. The smallest absolute Gasteiger partial charge is 0.241 e. The van der Waals surface area contributed by atoms with Gasteiger partial charge in [-0.2, -0.15) is 0 Å². The number of tetrazole rings is 1. The van der Waals surface area contributed by atoms with Crippen LogP contribution in [0.4, 0.5) is 0 Å². The van der Waals surface area contributed by atoms with Crippen LogP contribution in [-0.2, 0) is 11.3 Å². The van der Waals surface area contributed by atoms with E-state index in [2.05, 4.69) is 20.8 Å². The van der Waals surface area contributed by atoms with Gasteiger partial charge in [0.1, 0.15) is 12.9 Å². The summed E-state index contributed by atoms with van der Waals surface area (Å²) in [6.45, 7) is 0.170. The molecule has 1 aromatic rings. The Morgan fingerprint density at radius 1 is 1.80 bits per heavy atom. The molecule has 0 spiro atoms. The van der Waals surface area contributed by atoms with Crippen LogP contribution in [0.5, 0.6) is 0 Å². The maximum absolute atomic E-state index is 10.7. The van der Waals surface area contributed by atoms with E-state index in [0.717, 1.165) is 0 Å². The molecule has 0 unspecified atom stereocenters. The van der Waals surface area contributed by atoms with Gasteiger partial charge in [0.2, 0.25) is 5.91 Å². The normalized spacial score (nSPS) is 9.30. The molecule has 0 fully saturated rings. The lowest BCUT2D eigenvalue weighted by atomic mass is 10.6. The van der Waals surface area contributed by atoms with Crippen molar-refractivity contribution in [1.82, 2.24) is 25.5 Å². The molecule has 0 aliphatic heterocycles. The molecule has 1 aromatic heterocycles. The predicted molar refractivity (Wildman–Crippen MR) is 31.9 cm³/mol. The van der Waals surface area contributed by atoms with Gasteiger partial charge in [0.05, 0.1) is 0 Å². The summed E-state index contributed by atoms with van der Waals surface area (Å²) in [5, 5.41) is 12.7. The summed E-state index contributed by atoms with van der Waals surface area (Å²) in [5.74, 6) is -0.118. The molecule has 0 saturated carbocycles. The number of hydrogen-bond acceptors (Lipinski definition) is 4. The molecule has 0 bridgehead atoms. The predicted octanol–water partition coefficient (Wildman–Crippen LogP) is -1.58. The fraction of sp³-hybridized carbons (Fsp3) is 0.500. The van der Waals surface area contributed by atoms with Crippen molar-refractivity contribution >= 4 is 5.91 Å². The van der Waals surface area contributed by atoms with Crippen molar-refractivity contribution in [1.29, 1.82) is 0 Å². The molecule has 0 radical (unpaired) electrons. The Hall–Kier alpha value is -1.46. The van der Waals surface area contributed by atoms with Crippen LogP contribution in [0.2, 0.25) is 0 Å². The van der Waals surface area contributed by atoms with Gasteiger partial charge in [0.15, 0.2) is 0 Å². The van der Waals surface area contributed by atoms with Crippen molar-refractivity contribution in [3.63, 3.8) is 0 Å². The first-order valence-corrected chi connectivity index (χ1v) is 2.74. The minimum atomic E-state index is -0.118. The van der Waals surface area contributed by atoms with E-state index in [1.54, 1.807) is 7.05 Å². The van der Waals surface area contributed by atoms with Crippen LogP contribution in [0, 0.1) is 0 Å². The van der Waals surface area contributed by atoms with Crippen molar-refractivity contribution in [2.45, 2.75) is 6.54 Å². The molecule has 1 N–H and O–H groups in total. The first-order valence-electron chi connectivity index (χ1n) is 2.74. The average molecular weight is 141 g/mol. The van der Waals surface area contributed by atoms with E-state index >= 15 is 0 Å². The van der Waals surface area contributed by atoms with E-state index in [1.807, 2.05) is 0 Å². The van der Waals surface area contributed by atoms with Crippen molar-refractivity contribution in [3.8, 4) is 0 Å². The summed E-state index contributed by atoms with van der Waals surface area (Å²) in [5.41, 5.74) is 0. The zero-order chi connectivity index (χ0) is 7.40. The molecule has 0 aromatic carbocycles. The van der Waals surface area contributed by atoms with Crippen LogP contribution >= 0.6 is 0 Å². The van der Waals surface area contributed by atoms with Crippen molar-refractivity contribution in [2.75, 3.05) is 7.05 Å². The first kappa shape index (κ1) is 6.66. The van der Waals surface area contributed by atoms with E-state index in [1.165, 1.54) is 11.0 Å². The number of nitrogens with one attached hydrogen (secondary N) is 1. The highest BCUT2D eigenvalue weighted by atomic mass is 16.1. The van der Waals surface area contributed by atoms with Crippen LogP contribution in [-0.4, -0.2) is 33.2 Å². The zero-order valence-corrected chi connectivity index (χ0v) is 5.48. The minimum Gasteiger partial charge on any atom is -0.358 e. The largest absolute Gasteiger partial charge is 0.358 e. The maximum Gasteiger partial charge on any atom is 0.241 e. The van der Waals surface area contributed by atoms with Gasteiger partial charge in [-0.15, -0.1) is 5.10 Å². The van der Waals surface area contributed by atoms with Crippen LogP contribution in [0.15, 0.2) is 6.33 Å². The van der Waals surface area contributed by atoms with Gasteiger partial charge < -0.3 is 5.32 Å². The Kier molecular flexibility index (Phi) is 1.93. The Balaban J connectivity index is 2.48. The van der Waals surface area contributed by atoms with E-state index in [4.69, 9.17) is 0 Å². The third kappa shape index (κ3) is 1.51. The monoisotopic (exact) mass is 141 g/mol. The maximum atomic E-state index is 10.7. The molecule has 10 heavy (non-hydrogen) atoms. The van der Waals surface area contributed by atoms with Gasteiger partial charge in [-0.3, -0.25) is 4.79 Å². The highest BCUT2D eigenvalue weighted by Gasteiger charge is 1.98. The molecule has 0 aliphatic rings. The number of hydrogen-bond donors (Lipinski definition) is 1. The number of likely N-dealkylation sites (N-methyl/N-ethyl adjacent to an activating group) is 1. The van der Waals surface area contributed by atoms with Gasteiger partial charge >= 0.3 is 0 Å². The first-order chi connectivity index (χ1) is 4.83. The fourth-order valence-corrected chi connectivity index (χ4v) is 0.479. The quantitative estimate of drug-likeness (QED) is 0.539. The molecule has 1 heterocycles. The highest BCUT2D eigenvalue weighted by Crippen LogP contribution is 1.75. The molecular formula is C4H7N5O. The molecule has 0 atom stereocenters. The molecule has 54 valence electrons. The molecule has 0 saturated heterocycles. The van der Waals surface area contributed by atoms with Gasteiger partial charge in [-0.25, -0.2) is 4.68 Å². The van der Waals surface area contributed by atoms with Gasteiger partial charge in [-0.05, 0) is 10.4 Å². The topological polar surface area (TPSA) is 72.7 Å². The molecule has 0 aliphatic carbocycles. The van der Waals surface area contributed by atoms with Crippen molar-refractivity contribution in [3.05, 3.63) is 6.33 Å². The van der Waals surface area contributed by atoms with Crippen molar-refractivity contribution < 1.29 is 4.79 Å². The lowest BCUT2D eigenvalue weighted by molar-refractivity contribution is -0.121. The van der Waals surface area contributed by atoms with Crippen LogP contribution in [0.1, 0.15) is 0 Å². The molecule has 6 nitrogen and oxygen atoms in total. The van der Waals surface area contributed by atoms with Crippen LogP contribution in [0.25, 0.3) is 0 Å². The van der Waals surface area contributed by atoms with Crippen LogP contribution < -0.4 is 5.32 Å². The number of carbonyl (C=O) groups is 1. The van der Waals surface area contributed by atoms with E-state index < -0.39 is 0 Å². The van der Waals surface area contributed by atoms with Crippen LogP contribution in [0.3, 0.4) is 0 Å². The fourth-order valence-electron chi connectivity index (χ4n) is 0.479. The van der Waals surface area contributed by atoms with Gasteiger partial charge in [0, 0.05) is 7.05 Å². The van der Waals surface area contributed by atoms with Gasteiger partial charge in [-0.1, -0.05) is 0 Å². The second-order valence-electron chi connectivity index (χ2n) is 1.68. The minimum absolute atomic E-state index is 0.118. The number of rotatable bonds is 2. The van der Waals surface area contributed by atoms with Crippen molar-refractivity contribution in [2.24, 2.45) is 0 Å². The Bertz CT molecular complexity index is 205. The third-order valence-electron chi connectivity index (χ3n) is 0.976. The second-order valence-corrected chi connectivity index (χ2v) is 1.68. The summed E-state index contributed by atoms with van der Waals surface area (Å²) in [4.78, 5) is 10.7. The summed E-state index contributed by atoms with van der Waals surface area (Å²) in [6.07, 6.45) is 1.38. The number of aromatic nitrogens is 4. The summed E-state index contributed by atoms with van der Waals surface area (Å²) in [7, 11) is 1.56. The Morgan fingerprint density at radius 3 is 3.10 bits per heavy atom. The number of amides is 1. The summed E-state index contributed by atoms with van der Waals surface area (Å²) in [6, 6.07) is 0. The lowest BCUT2D eigenvalue weighted by Crippen LogP contribution is -2.23. The standard InChI is InChI=1S/C4H7N5O/c1-5-4(10)2-9-3-6-7-8-9/h3H,2H2,1H3,(H,5,10). The SMILES string of the molecule is CNC(=O)Cn1cnnn1. The van der Waals surface area contributed by atoms with E-state index in [0.29, 0.717) is 0 Å². The number of carbonyl (C=O) groups excluding carboxylic acids is 1. The second kappa shape index (κ2) is 2.90. The Morgan fingerprint density at radius 2 is 2.60 bits per heavy atom. The van der Waals surface area contributed by atoms with E-state index in [-0.39, 0.29) is 12.5 Å². The molecule has 1 rings (SSSR count). The molecule has 1 amide bonds.